The number of aromatic nitrogens is 3. The molecule has 0 radical (unpaired) electrons. The maximum absolute atomic E-state index is 5.82. The van der Waals surface area contributed by atoms with E-state index in [9.17, 15) is 0 Å². The van der Waals surface area contributed by atoms with Gasteiger partial charge < -0.3 is 4.42 Å². The van der Waals surface area contributed by atoms with Crippen LogP contribution in [0.1, 0.15) is 35.9 Å². The predicted octanol–water partition coefficient (Wildman–Crippen LogP) is 3.64. The van der Waals surface area contributed by atoms with Crippen LogP contribution in [0.15, 0.2) is 53.2 Å². The Hall–Kier alpha value is -2.53. The standard InChI is InChI=1S/C19H20N4O/c1-23(17-10-4-7-14-6-2-3-9-16(14)17)13-18-21-22-19(24-18)15-8-5-11-20-12-15/h2-3,5-6,8-9,11-12,17H,4,7,10,13H2,1H3. The van der Waals surface area contributed by atoms with Gasteiger partial charge in [-0.25, -0.2) is 0 Å². The maximum atomic E-state index is 5.82. The molecular formula is C19H20N4O. The van der Waals surface area contributed by atoms with Crippen molar-refractivity contribution in [1.29, 1.82) is 0 Å². The van der Waals surface area contributed by atoms with Crippen LogP contribution in [0.5, 0.6) is 0 Å². The van der Waals surface area contributed by atoms with Gasteiger partial charge in [-0.1, -0.05) is 24.3 Å². The summed E-state index contributed by atoms with van der Waals surface area (Å²) < 4.78 is 5.82. The first-order chi connectivity index (χ1) is 11.8. The van der Waals surface area contributed by atoms with Gasteiger partial charge in [0.2, 0.25) is 11.8 Å². The van der Waals surface area contributed by atoms with Crippen molar-refractivity contribution in [2.45, 2.75) is 31.8 Å². The highest BCUT2D eigenvalue weighted by atomic mass is 16.4. The van der Waals surface area contributed by atoms with Crippen molar-refractivity contribution in [2.24, 2.45) is 0 Å². The number of hydrogen-bond acceptors (Lipinski definition) is 5. The number of pyridine rings is 1. The Morgan fingerprint density at radius 1 is 1.17 bits per heavy atom. The lowest BCUT2D eigenvalue weighted by molar-refractivity contribution is 0.195. The smallest absolute Gasteiger partial charge is 0.249 e. The van der Waals surface area contributed by atoms with Gasteiger partial charge in [0.25, 0.3) is 0 Å². The van der Waals surface area contributed by atoms with E-state index < -0.39 is 0 Å². The highest BCUT2D eigenvalue weighted by Crippen LogP contribution is 2.34. The summed E-state index contributed by atoms with van der Waals surface area (Å²) in [6, 6.07) is 12.9. The van der Waals surface area contributed by atoms with Gasteiger partial charge in [-0.2, -0.15) is 0 Å². The first kappa shape index (κ1) is 15.0. The summed E-state index contributed by atoms with van der Waals surface area (Å²) in [6.07, 6.45) is 7.02. The molecule has 0 amide bonds. The highest BCUT2D eigenvalue weighted by molar-refractivity contribution is 5.49. The minimum Gasteiger partial charge on any atom is -0.419 e. The molecule has 1 aliphatic carbocycles. The average Bonchev–Trinajstić information content (AvgIpc) is 3.10. The van der Waals surface area contributed by atoms with Gasteiger partial charge in [0.1, 0.15) is 0 Å². The number of hydrogen-bond donors (Lipinski definition) is 0. The summed E-state index contributed by atoms with van der Waals surface area (Å²) in [6.45, 7) is 0.645. The lowest BCUT2D eigenvalue weighted by Crippen LogP contribution is -2.27. The minimum atomic E-state index is 0.406. The number of nitrogens with zero attached hydrogens (tertiary/aromatic N) is 4. The van der Waals surface area contributed by atoms with E-state index in [1.54, 1.807) is 12.4 Å². The van der Waals surface area contributed by atoms with Crippen molar-refractivity contribution >= 4 is 0 Å². The van der Waals surface area contributed by atoms with Gasteiger partial charge in [0.15, 0.2) is 0 Å². The summed E-state index contributed by atoms with van der Waals surface area (Å²) in [4.78, 5) is 6.40. The van der Waals surface area contributed by atoms with E-state index in [1.165, 1.54) is 24.0 Å². The Labute approximate surface area is 141 Å². The van der Waals surface area contributed by atoms with Gasteiger partial charge in [-0.3, -0.25) is 9.88 Å². The maximum Gasteiger partial charge on any atom is 0.249 e. The first-order valence-corrected chi connectivity index (χ1v) is 8.32. The molecule has 4 rings (SSSR count). The van der Waals surface area contributed by atoms with Crippen LogP contribution < -0.4 is 0 Å². The van der Waals surface area contributed by atoms with Crippen LogP contribution in [0, 0.1) is 0 Å². The van der Waals surface area contributed by atoms with Crippen LogP contribution in [-0.4, -0.2) is 27.1 Å². The summed E-state index contributed by atoms with van der Waals surface area (Å²) in [5.74, 6) is 1.16. The highest BCUT2D eigenvalue weighted by Gasteiger charge is 2.24. The van der Waals surface area contributed by atoms with E-state index in [0.717, 1.165) is 12.0 Å². The van der Waals surface area contributed by atoms with Crippen LogP contribution in [0.25, 0.3) is 11.5 Å². The van der Waals surface area contributed by atoms with Crippen LogP contribution in [-0.2, 0) is 13.0 Å². The molecule has 1 aromatic carbocycles. The molecule has 2 heterocycles. The molecule has 0 N–H and O–H groups in total. The predicted molar refractivity (Wildman–Crippen MR) is 91.1 cm³/mol. The van der Waals surface area contributed by atoms with Gasteiger partial charge in [-0.05, 0) is 49.6 Å². The average molecular weight is 320 g/mol. The Bertz CT molecular complexity index is 815. The second-order valence-corrected chi connectivity index (χ2v) is 6.26. The Kier molecular flexibility index (Phi) is 4.09. The molecule has 2 aromatic heterocycles. The first-order valence-electron chi connectivity index (χ1n) is 8.32. The third-order valence-electron chi connectivity index (χ3n) is 4.63. The molecule has 1 unspecified atom stereocenters. The van der Waals surface area contributed by atoms with Gasteiger partial charge >= 0.3 is 0 Å². The fraction of sp³-hybridized carbons (Fsp3) is 0.316. The summed E-state index contributed by atoms with van der Waals surface area (Å²) in [5.41, 5.74) is 3.74. The van der Waals surface area contributed by atoms with E-state index in [2.05, 4.69) is 51.4 Å². The van der Waals surface area contributed by atoms with E-state index in [0.29, 0.717) is 24.4 Å². The molecule has 0 fully saturated rings. The zero-order valence-corrected chi connectivity index (χ0v) is 13.7. The van der Waals surface area contributed by atoms with Gasteiger partial charge in [0, 0.05) is 18.4 Å². The second-order valence-electron chi connectivity index (χ2n) is 6.26. The van der Waals surface area contributed by atoms with Crippen LogP contribution >= 0.6 is 0 Å². The van der Waals surface area contributed by atoms with Crippen molar-refractivity contribution in [2.75, 3.05) is 7.05 Å². The second kappa shape index (κ2) is 6.53. The number of fused-ring (bicyclic) bond motifs is 1. The molecule has 5 heteroatoms. The Balaban J connectivity index is 1.51. The third-order valence-corrected chi connectivity index (χ3v) is 4.63. The molecule has 1 atom stereocenters. The third kappa shape index (κ3) is 2.95. The zero-order chi connectivity index (χ0) is 16.4. The fourth-order valence-electron chi connectivity index (χ4n) is 3.43. The van der Waals surface area contributed by atoms with Crippen LogP contribution in [0.3, 0.4) is 0 Å². The molecule has 5 nitrogen and oxygen atoms in total. The lowest BCUT2D eigenvalue weighted by Gasteiger charge is -2.32. The van der Waals surface area contributed by atoms with E-state index in [4.69, 9.17) is 4.42 Å². The van der Waals surface area contributed by atoms with Crippen molar-refractivity contribution in [3.05, 3.63) is 65.8 Å². The molecule has 0 saturated carbocycles. The summed E-state index contributed by atoms with van der Waals surface area (Å²) in [7, 11) is 2.13. The molecular weight excluding hydrogens is 300 g/mol. The van der Waals surface area contributed by atoms with Crippen molar-refractivity contribution in [3.8, 4) is 11.5 Å². The fourth-order valence-corrected chi connectivity index (χ4v) is 3.43. The van der Waals surface area contributed by atoms with E-state index in [-0.39, 0.29) is 0 Å². The molecule has 0 saturated heterocycles. The largest absolute Gasteiger partial charge is 0.419 e. The zero-order valence-electron chi connectivity index (χ0n) is 13.7. The number of rotatable bonds is 4. The normalized spacial score (nSPS) is 17.0. The van der Waals surface area contributed by atoms with Crippen molar-refractivity contribution in [3.63, 3.8) is 0 Å². The molecule has 1 aliphatic rings. The lowest BCUT2D eigenvalue weighted by atomic mass is 9.87. The molecule has 3 aromatic rings. The van der Waals surface area contributed by atoms with E-state index >= 15 is 0 Å². The molecule has 24 heavy (non-hydrogen) atoms. The summed E-state index contributed by atoms with van der Waals surface area (Å²) >= 11 is 0. The van der Waals surface area contributed by atoms with Gasteiger partial charge in [-0.15, -0.1) is 10.2 Å². The molecule has 0 aliphatic heterocycles. The number of benzene rings is 1. The van der Waals surface area contributed by atoms with Gasteiger partial charge in [0.05, 0.1) is 12.1 Å². The SMILES string of the molecule is CN(Cc1nnc(-c2cccnc2)o1)C1CCCc2ccccc21. The Morgan fingerprint density at radius 3 is 2.96 bits per heavy atom. The monoisotopic (exact) mass is 320 g/mol. The van der Waals surface area contributed by atoms with Crippen LogP contribution in [0.4, 0.5) is 0 Å². The quantitative estimate of drug-likeness (QED) is 0.734. The molecule has 0 bridgehead atoms. The summed E-state index contributed by atoms with van der Waals surface area (Å²) in [5, 5.41) is 8.34. The molecule has 0 spiro atoms. The number of aryl methyl sites for hydroxylation is 1. The Morgan fingerprint density at radius 2 is 2.08 bits per heavy atom. The van der Waals surface area contributed by atoms with Crippen molar-refractivity contribution < 1.29 is 4.42 Å². The van der Waals surface area contributed by atoms with Crippen molar-refractivity contribution in [1.82, 2.24) is 20.1 Å². The minimum absolute atomic E-state index is 0.406. The van der Waals surface area contributed by atoms with Crippen LogP contribution in [0.2, 0.25) is 0 Å². The topological polar surface area (TPSA) is 55.1 Å². The van der Waals surface area contributed by atoms with E-state index in [1.807, 2.05) is 12.1 Å². The molecule has 122 valence electrons.